The van der Waals surface area contributed by atoms with Crippen molar-refractivity contribution in [3.8, 4) is 0 Å². The van der Waals surface area contributed by atoms with Crippen LogP contribution in [0.2, 0.25) is 10.0 Å². The maximum Gasteiger partial charge on any atom is 0.240 e. The maximum absolute atomic E-state index is 12.8. The highest BCUT2D eigenvalue weighted by Crippen LogP contribution is 2.48. The summed E-state index contributed by atoms with van der Waals surface area (Å²) in [5, 5.41) is 3.68. The molecule has 3 rings (SSSR count). The van der Waals surface area contributed by atoms with Crippen molar-refractivity contribution in [3.05, 3.63) is 28.2 Å². The van der Waals surface area contributed by atoms with E-state index in [4.69, 9.17) is 23.2 Å². The fourth-order valence-corrected chi connectivity index (χ4v) is 3.41. The lowest BCUT2D eigenvalue weighted by Gasteiger charge is -2.35. The van der Waals surface area contributed by atoms with Crippen LogP contribution in [0.4, 0.5) is 5.69 Å². The summed E-state index contributed by atoms with van der Waals surface area (Å²) < 4.78 is 0. The number of piperazine rings is 1. The zero-order valence-electron chi connectivity index (χ0n) is 13.6. The highest BCUT2D eigenvalue weighted by molar-refractivity contribution is 6.36. The van der Waals surface area contributed by atoms with Crippen molar-refractivity contribution < 1.29 is 9.59 Å². The highest BCUT2D eigenvalue weighted by atomic mass is 35.5. The first-order valence-electron chi connectivity index (χ1n) is 8.24. The van der Waals surface area contributed by atoms with E-state index in [2.05, 4.69) is 17.1 Å². The van der Waals surface area contributed by atoms with Gasteiger partial charge < -0.3 is 15.1 Å². The quantitative estimate of drug-likeness (QED) is 0.830. The molecule has 1 aromatic carbocycles. The zero-order chi connectivity index (χ0) is 17.3. The summed E-state index contributed by atoms with van der Waals surface area (Å²) in [6.45, 7) is 6.18. The number of amides is 2. The van der Waals surface area contributed by atoms with Gasteiger partial charge in [0.1, 0.15) is 5.41 Å². The molecule has 0 spiro atoms. The summed E-state index contributed by atoms with van der Waals surface area (Å²) in [5.74, 6) is -0.344. The Balaban J connectivity index is 1.68. The van der Waals surface area contributed by atoms with Gasteiger partial charge in [-0.25, -0.2) is 0 Å². The average molecular weight is 370 g/mol. The zero-order valence-corrected chi connectivity index (χ0v) is 15.2. The normalized spacial score (nSPS) is 19.9. The molecule has 2 amide bonds. The molecule has 24 heavy (non-hydrogen) atoms. The largest absolute Gasteiger partial charge is 0.339 e. The lowest BCUT2D eigenvalue weighted by atomic mass is 10.0. The van der Waals surface area contributed by atoms with Crippen LogP contribution < -0.4 is 5.32 Å². The van der Waals surface area contributed by atoms with E-state index >= 15 is 0 Å². The molecule has 1 saturated carbocycles. The van der Waals surface area contributed by atoms with Crippen LogP contribution in [-0.2, 0) is 9.59 Å². The second kappa shape index (κ2) is 6.90. The number of carbonyl (C=O) groups excluding carboxylic acids is 2. The fraction of sp³-hybridized carbons (Fsp3) is 0.529. The molecule has 1 saturated heterocycles. The van der Waals surface area contributed by atoms with Crippen LogP contribution in [0.25, 0.3) is 0 Å². The van der Waals surface area contributed by atoms with E-state index < -0.39 is 5.41 Å². The lowest BCUT2D eigenvalue weighted by Crippen LogP contribution is -2.52. The number of carbonyl (C=O) groups is 2. The predicted octanol–water partition coefficient (Wildman–Crippen LogP) is 2.88. The van der Waals surface area contributed by atoms with Gasteiger partial charge in [0, 0.05) is 31.2 Å². The van der Waals surface area contributed by atoms with E-state index in [1.165, 1.54) is 0 Å². The van der Waals surface area contributed by atoms with Gasteiger partial charge in [-0.05, 0) is 37.6 Å². The Morgan fingerprint density at radius 3 is 2.42 bits per heavy atom. The molecule has 0 radical (unpaired) electrons. The van der Waals surface area contributed by atoms with Gasteiger partial charge in [0.25, 0.3) is 0 Å². The van der Waals surface area contributed by atoms with E-state index in [0.29, 0.717) is 41.7 Å². The predicted molar refractivity (Wildman–Crippen MR) is 95.5 cm³/mol. The topological polar surface area (TPSA) is 52.7 Å². The monoisotopic (exact) mass is 369 g/mol. The molecule has 2 fully saturated rings. The summed E-state index contributed by atoms with van der Waals surface area (Å²) in [5.41, 5.74) is -0.482. The summed E-state index contributed by atoms with van der Waals surface area (Å²) in [7, 11) is 0. The number of benzene rings is 1. The Labute approximate surface area is 151 Å². The Hall–Kier alpha value is -1.30. The van der Waals surface area contributed by atoms with Crippen molar-refractivity contribution in [2.45, 2.75) is 19.8 Å². The number of halogens is 2. The summed E-state index contributed by atoms with van der Waals surface area (Å²) in [4.78, 5) is 29.7. The third-order valence-corrected chi connectivity index (χ3v) is 5.44. The van der Waals surface area contributed by atoms with E-state index in [-0.39, 0.29) is 11.8 Å². The smallest absolute Gasteiger partial charge is 0.240 e. The Bertz CT molecular complexity index is 653. The van der Waals surface area contributed by atoms with Gasteiger partial charge in [-0.3, -0.25) is 9.59 Å². The van der Waals surface area contributed by atoms with Crippen LogP contribution in [0.15, 0.2) is 18.2 Å². The van der Waals surface area contributed by atoms with Crippen LogP contribution in [0, 0.1) is 5.41 Å². The van der Waals surface area contributed by atoms with Crippen LogP contribution >= 0.6 is 23.2 Å². The molecule has 5 nitrogen and oxygen atoms in total. The standard InChI is InChI=1S/C17H21Cl2N3O2/c1-2-21-7-9-22(10-8-21)16(24)17(5-6-17)15(23)20-14-11-12(18)3-4-13(14)19/h3-4,11H,2,5-10H2,1H3,(H,20,23). The number of likely N-dealkylation sites (N-methyl/N-ethyl adjacent to an activating group) is 1. The minimum atomic E-state index is -0.931. The number of nitrogens with zero attached hydrogens (tertiary/aromatic N) is 2. The maximum atomic E-state index is 12.8. The van der Waals surface area contributed by atoms with Crippen LogP contribution in [0.1, 0.15) is 19.8 Å². The van der Waals surface area contributed by atoms with Gasteiger partial charge in [-0.1, -0.05) is 30.1 Å². The molecule has 1 aliphatic carbocycles. The first-order valence-corrected chi connectivity index (χ1v) is 9.00. The first kappa shape index (κ1) is 17.5. The molecule has 1 aliphatic heterocycles. The molecule has 1 N–H and O–H groups in total. The van der Waals surface area contributed by atoms with Crippen molar-refractivity contribution in [3.63, 3.8) is 0 Å². The van der Waals surface area contributed by atoms with Gasteiger partial charge in [0.15, 0.2) is 0 Å². The van der Waals surface area contributed by atoms with Crippen molar-refractivity contribution in [1.82, 2.24) is 9.80 Å². The molecule has 0 atom stereocenters. The number of anilines is 1. The minimum Gasteiger partial charge on any atom is -0.339 e. The molecule has 0 bridgehead atoms. The second-order valence-electron chi connectivity index (χ2n) is 6.39. The molecule has 0 aromatic heterocycles. The van der Waals surface area contributed by atoms with E-state index in [1.54, 1.807) is 18.2 Å². The van der Waals surface area contributed by atoms with E-state index in [9.17, 15) is 9.59 Å². The molecular formula is C17H21Cl2N3O2. The summed E-state index contributed by atoms with van der Waals surface area (Å²) in [6, 6.07) is 4.89. The molecule has 1 aromatic rings. The fourth-order valence-electron chi connectivity index (χ4n) is 3.07. The van der Waals surface area contributed by atoms with Crippen molar-refractivity contribution in [2.24, 2.45) is 5.41 Å². The number of hydrogen-bond acceptors (Lipinski definition) is 3. The average Bonchev–Trinajstić information content (AvgIpc) is 3.39. The van der Waals surface area contributed by atoms with Crippen LogP contribution in [0.5, 0.6) is 0 Å². The molecule has 7 heteroatoms. The molecular weight excluding hydrogens is 349 g/mol. The SMILES string of the molecule is CCN1CCN(C(=O)C2(C(=O)Nc3cc(Cl)ccc3Cl)CC2)CC1. The minimum absolute atomic E-state index is 0.0612. The third-order valence-electron chi connectivity index (χ3n) is 4.88. The number of nitrogens with one attached hydrogen (secondary N) is 1. The Morgan fingerprint density at radius 1 is 1.17 bits per heavy atom. The van der Waals surface area contributed by atoms with Gasteiger partial charge in [0.05, 0.1) is 10.7 Å². The van der Waals surface area contributed by atoms with Gasteiger partial charge >= 0.3 is 0 Å². The van der Waals surface area contributed by atoms with Crippen LogP contribution in [0.3, 0.4) is 0 Å². The van der Waals surface area contributed by atoms with Gasteiger partial charge in [0.2, 0.25) is 11.8 Å². The number of hydrogen-bond donors (Lipinski definition) is 1. The molecule has 1 heterocycles. The van der Waals surface area contributed by atoms with E-state index in [1.807, 2.05) is 4.90 Å². The Morgan fingerprint density at radius 2 is 1.83 bits per heavy atom. The van der Waals surface area contributed by atoms with Crippen LogP contribution in [-0.4, -0.2) is 54.3 Å². The van der Waals surface area contributed by atoms with Crippen molar-refractivity contribution in [2.75, 3.05) is 38.0 Å². The lowest BCUT2D eigenvalue weighted by molar-refractivity contribution is -0.143. The molecule has 130 valence electrons. The van der Waals surface area contributed by atoms with Crippen molar-refractivity contribution in [1.29, 1.82) is 0 Å². The number of rotatable bonds is 4. The second-order valence-corrected chi connectivity index (χ2v) is 7.23. The molecule has 0 unspecified atom stereocenters. The van der Waals surface area contributed by atoms with Gasteiger partial charge in [-0.15, -0.1) is 0 Å². The first-order chi connectivity index (χ1) is 11.5. The Kier molecular flexibility index (Phi) is 5.04. The summed E-state index contributed by atoms with van der Waals surface area (Å²) >= 11 is 12.0. The van der Waals surface area contributed by atoms with Gasteiger partial charge in [-0.2, -0.15) is 0 Å². The molecule has 2 aliphatic rings. The van der Waals surface area contributed by atoms with E-state index in [0.717, 1.165) is 19.6 Å². The van der Waals surface area contributed by atoms with Crippen molar-refractivity contribution >= 4 is 40.7 Å². The highest BCUT2D eigenvalue weighted by Gasteiger charge is 2.58. The third kappa shape index (κ3) is 3.39. The summed E-state index contributed by atoms with van der Waals surface area (Å²) in [6.07, 6.45) is 1.17.